The minimum atomic E-state index is -0.172. The number of hydrogen-bond donors (Lipinski definition) is 4. The van der Waals surface area contributed by atoms with Crippen LogP contribution in [0.15, 0.2) is 60.7 Å². The number of urea groups is 2. The highest BCUT2D eigenvalue weighted by molar-refractivity contribution is 5.89. The fraction of sp³-hybridized carbons (Fsp3) is 0.632. The monoisotopic (exact) mass is 628 g/mol. The van der Waals surface area contributed by atoms with Gasteiger partial charge < -0.3 is 26.2 Å². The minimum absolute atomic E-state index is 0.165. The Morgan fingerprint density at radius 1 is 0.848 bits per heavy atom. The summed E-state index contributed by atoms with van der Waals surface area (Å²) >= 11 is 0. The molecule has 4 amide bonds. The van der Waals surface area contributed by atoms with Crippen molar-refractivity contribution in [3.8, 4) is 0 Å². The molecule has 8 heteroatoms. The predicted octanol–water partition coefficient (Wildman–Crippen LogP) is 7.17. The highest BCUT2D eigenvalue weighted by atomic mass is 16.2. The van der Waals surface area contributed by atoms with Crippen molar-refractivity contribution in [2.45, 2.75) is 89.1 Å². The van der Waals surface area contributed by atoms with E-state index in [1.165, 1.54) is 70.9 Å². The Morgan fingerprint density at radius 2 is 1.43 bits per heavy atom. The van der Waals surface area contributed by atoms with Gasteiger partial charge in [0, 0.05) is 43.1 Å². The van der Waals surface area contributed by atoms with Crippen LogP contribution in [0.1, 0.15) is 77.0 Å². The van der Waals surface area contributed by atoms with E-state index in [9.17, 15) is 9.59 Å². The normalized spacial score (nSPS) is 27.4. The van der Waals surface area contributed by atoms with Crippen LogP contribution in [0, 0.1) is 23.2 Å². The number of carbonyl (C=O) groups excluding carboxylic acids is 2. The molecule has 5 aliphatic rings. The third-order valence-electron chi connectivity index (χ3n) is 11.5. The van der Waals surface area contributed by atoms with Gasteiger partial charge in [-0.25, -0.2) is 9.59 Å². The second kappa shape index (κ2) is 15.7. The molecule has 4 aliphatic carbocycles. The maximum absolute atomic E-state index is 12.8. The van der Waals surface area contributed by atoms with E-state index in [1.807, 2.05) is 60.7 Å². The first-order chi connectivity index (χ1) is 22.4. The molecule has 7 rings (SSSR count). The summed E-state index contributed by atoms with van der Waals surface area (Å²) in [6, 6.07) is 19.6. The van der Waals surface area contributed by atoms with Gasteiger partial charge in [-0.2, -0.15) is 0 Å². The molecule has 1 heterocycles. The largest absolute Gasteiger partial charge is 0.338 e. The Labute approximate surface area is 276 Å². The summed E-state index contributed by atoms with van der Waals surface area (Å²) in [6.07, 6.45) is 15.8. The first-order valence-electron chi connectivity index (χ1n) is 18.1. The Bertz CT molecular complexity index is 1220. The number of benzene rings is 2. The number of nitrogens with zero attached hydrogens (tertiary/aromatic N) is 2. The second-order valence-corrected chi connectivity index (χ2v) is 15.0. The van der Waals surface area contributed by atoms with Crippen molar-refractivity contribution >= 4 is 23.4 Å². The van der Waals surface area contributed by atoms with Crippen LogP contribution in [0.2, 0.25) is 0 Å². The number of carbonyl (C=O) groups is 2. The van der Waals surface area contributed by atoms with Crippen molar-refractivity contribution in [3.63, 3.8) is 0 Å². The molecule has 2 aromatic carbocycles. The van der Waals surface area contributed by atoms with Crippen LogP contribution in [-0.4, -0.2) is 73.7 Å². The van der Waals surface area contributed by atoms with Crippen molar-refractivity contribution in [3.05, 3.63) is 60.7 Å². The van der Waals surface area contributed by atoms with Crippen LogP contribution in [0.25, 0.3) is 0 Å². The fourth-order valence-electron chi connectivity index (χ4n) is 9.64. The molecule has 0 aromatic heterocycles. The summed E-state index contributed by atoms with van der Waals surface area (Å²) in [6.45, 7) is 4.73. The molecule has 4 bridgehead atoms. The molecule has 5 fully saturated rings. The van der Waals surface area contributed by atoms with Crippen molar-refractivity contribution < 1.29 is 9.59 Å². The SMILES string of the molecule is CN(C[C@@H]1CCCN1CCC12CC3CC(CC(C3)C1)C2)[C@H](CCCCNC(=O)Nc1ccccc1)CNC(=O)Nc1ccccc1. The van der Waals surface area contributed by atoms with Gasteiger partial charge in [-0.1, -0.05) is 42.8 Å². The number of unbranched alkanes of at least 4 members (excludes halogenated alkanes) is 1. The quantitative estimate of drug-likeness (QED) is 0.158. The Balaban J connectivity index is 0.983. The highest BCUT2D eigenvalue weighted by Crippen LogP contribution is 2.61. The summed E-state index contributed by atoms with van der Waals surface area (Å²) in [5.74, 6) is 3.06. The average molecular weight is 629 g/mol. The summed E-state index contributed by atoms with van der Waals surface area (Å²) in [7, 11) is 2.24. The van der Waals surface area contributed by atoms with Crippen LogP contribution in [0.4, 0.5) is 21.0 Å². The number of rotatable bonds is 15. The molecule has 8 nitrogen and oxygen atoms in total. The predicted molar refractivity (Wildman–Crippen MR) is 187 cm³/mol. The molecule has 1 aliphatic heterocycles. The zero-order valence-electron chi connectivity index (χ0n) is 27.9. The highest BCUT2D eigenvalue weighted by Gasteiger charge is 2.50. The zero-order chi connectivity index (χ0) is 31.8. The van der Waals surface area contributed by atoms with Crippen molar-refractivity contribution in [2.24, 2.45) is 23.2 Å². The first-order valence-corrected chi connectivity index (χ1v) is 18.1. The number of amides is 4. The molecule has 4 N–H and O–H groups in total. The maximum Gasteiger partial charge on any atom is 0.319 e. The molecular weight excluding hydrogens is 572 g/mol. The maximum atomic E-state index is 12.8. The standard InChI is InChI=1S/C38H56N6O2/c1-43(28-35-16-10-19-44(35)20-17-38-24-29-21-30(25-38)23-31(22-29)26-38)34(27-40-37(46)42-33-13-6-3-7-14-33)15-8-9-18-39-36(45)41-32-11-4-2-5-12-32/h2-7,11-14,29-31,34-35H,8-10,15-28H2,1H3,(H2,39,41,45)(H2,40,42,46)/t29?,30?,31?,34-,35+,38?/m1/s1. The minimum Gasteiger partial charge on any atom is -0.338 e. The Morgan fingerprint density at radius 3 is 2.04 bits per heavy atom. The molecule has 0 spiro atoms. The van der Waals surface area contributed by atoms with E-state index in [4.69, 9.17) is 0 Å². The van der Waals surface area contributed by atoms with Gasteiger partial charge in [-0.05, 0) is 138 Å². The van der Waals surface area contributed by atoms with Crippen LogP contribution >= 0.6 is 0 Å². The van der Waals surface area contributed by atoms with Gasteiger partial charge in [0.1, 0.15) is 0 Å². The lowest BCUT2D eigenvalue weighted by Gasteiger charge is -2.57. The Hall–Kier alpha value is -3.10. The van der Waals surface area contributed by atoms with Crippen LogP contribution in [-0.2, 0) is 0 Å². The first kappa shape index (κ1) is 32.8. The van der Waals surface area contributed by atoms with E-state index >= 15 is 0 Å². The van der Waals surface area contributed by atoms with Gasteiger partial charge in [-0.15, -0.1) is 0 Å². The number of nitrogens with one attached hydrogen (secondary N) is 4. The number of para-hydroxylation sites is 2. The van der Waals surface area contributed by atoms with E-state index in [0.717, 1.165) is 54.9 Å². The third-order valence-corrected chi connectivity index (χ3v) is 11.5. The molecule has 2 atom stereocenters. The van der Waals surface area contributed by atoms with Crippen molar-refractivity contribution in [1.82, 2.24) is 20.4 Å². The number of likely N-dealkylation sites (N-methyl/N-ethyl adjacent to an activating group) is 1. The summed E-state index contributed by atoms with van der Waals surface area (Å²) in [5.41, 5.74) is 2.23. The van der Waals surface area contributed by atoms with Gasteiger partial charge in [0.2, 0.25) is 0 Å². The van der Waals surface area contributed by atoms with Gasteiger partial charge in [0.25, 0.3) is 0 Å². The molecule has 250 valence electrons. The van der Waals surface area contributed by atoms with E-state index in [2.05, 4.69) is 38.1 Å². The molecule has 4 saturated carbocycles. The summed E-state index contributed by atoms with van der Waals surface area (Å²) < 4.78 is 0. The van der Waals surface area contributed by atoms with Crippen molar-refractivity contribution in [2.75, 3.05) is 50.4 Å². The topological polar surface area (TPSA) is 88.7 Å². The smallest absolute Gasteiger partial charge is 0.319 e. The van der Waals surface area contributed by atoms with Gasteiger partial charge >= 0.3 is 12.1 Å². The number of hydrogen-bond acceptors (Lipinski definition) is 4. The lowest BCUT2D eigenvalue weighted by atomic mass is 9.49. The average Bonchev–Trinajstić information content (AvgIpc) is 3.48. The number of anilines is 2. The molecule has 46 heavy (non-hydrogen) atoms. The lowest BCUT2D eigenvalue weighted by molar-refractivity contribution is -0.0617. The second-order valence-electron chi connectivity index (χ2n) is 15.0. The summed E-state index contributed by atoms with van der Waals surface area (Å²) in [5, 5.41) is 12.0. The van der Waals surface area contributed by atoms with Gasteiger partial charge in [0.15, 0.2) is 0 Å². The van der Waals surface area contributed by atoms with Gasteiger partial charge in [0.05, 0.1) is 0 Å². The lowest BCUT2D eigenvalue weighted by Crippen LogP contribution is -2.49. The van der Waals surface area contributed by atoms with E-state index in [1.54, 1.807) is 0 Å². The van der Waals surface area contributed by atoms with E-state index in [0.29, 0.717) is 24.5 Å². The molecular formula is C38H56N6O2. The fourth-order valence-corrected chi connectivity index (χ4v) is 9.64. The van der Waals surface area contributed by atoms with E-state index < -0.39 is 0 Å². The Kier molecular flexibility index (Phi) is 11.2. The summed E-state index contributed by atoms with van der Waals surface area (Å²) in [4.78, 5) is 30.4. The number of likely N-dealkylation sites (tertiary alicyclic amines) is 1. The third kappa shape index (κ3) is 9.03. The van der Waals surface area contributed by atoms with Gasteiger partial charge in [-0.3, -0.25) is 4.90 Å². The van der Waals surface area contributed by atoms with Crippen LogP contribution in [0.3, 0.4) is 0 Å². The molecule has 1 saturated heterocycles. The molecule has 0 unspecified atom stereocenters. The van der Waals surface area contributed by atoms with Crippen molar-refractivity contribution in [1.29, 1.82) is 0 Å². The van der Waals surface area contributed by atoms with E-state index in [-0.39, 0.29) is 18.1 Å². The van der Waals surface area contributed by atoms with Crippen LogP contribution < -0.4 is 21.3 Å². The zero-order valence-corrected chi connectivity index (χ0v) is 27.9. The molecule has 0 radical (unpaired) electrons. The van der Waals surface area contributed by atoms with Crippen LogP contribution in [0.5, 0.6) is 0 Å². The molecule has 2 aromatic rings.